The molecule has 3 aromatic rings. The minimum Gasteiger partial charge on any atom is -0.480 e. The quantitative estimate of drug-likeness (QED) is 0.112. The van der Waals surface area contributed by atoms with Gasteiger partial charge in [-0.25, -0.2) is 9.78 Å². The third-order valence-corrected chi connectivity index (χ3v) is 6.73. The second-order valence-electron chi connectivity index (χ2n) is 10.1. The van der Waals surface area contributed by atoms with E-state index in [-0.39, 0.29) is 19.3 Å². The number of amides is 3. The lowest BCUT2D eigenvalue weighted by molar-refractivity contribution is -0.142. The van der Waals surface area contributed by atoms with Crippen molar-refractivity contribution in [2.75, 3.05) is 6.54 Å². The first kappa shape index (κ1) is 32.0. The highest BCUT2D eigenvalue weighted by atomic mass is 16.4. The molecule has 0 radical (unpaired) electrons. The van der Waals surface area contributed by atoms with Crippen molar-refractivity contribution < 1.29 is 24.3 Å². The monoisotopic (exact) mass is 577 g/mol. The van der Waals surface area contributed by atoms with Crippen molar-refractivity contribution in [2.24, 2.45) is 11.5 Å². The smallest absolute Gasteiger partial charge is 0.326 e. The number of carbonyl (C=O) groups is 4. The van der Waals surface area contributed by atoms with E-state index in [1.165, 1.54) is 12.5 Å². The van der Waals surface area contributed by atoms with Crippen molar-refractivity contribution in [1.29, 1.82) is 0 Å². The number of aliphatic carboxylic acids is 1. The van der Waals surface area contributed by atoms with Gasteiger partial charge in [-0.1, -0.05) is 67.1 Å². The summed E-state index contributed by atoms with van der Waals surface area (Å²) in [6, 6.07) is 13.9. The van der Waals surface area contributed by atoms with Crippen LogP contribution >= 0.6 is 0 Å². The molecule has 2 aromatic carbocycles. The van der Waals surface area contributed by atoms with Crippen LogP contribution in [-0.2, 0) is 38.4 Å². The number of aromatic amines is 1. The van der Waals surface area contributed by atoms with Crippen LogP contribution in [0, 0.1) is 0 Å². The number of nitrogens with zero attached hydrogens (tertiary/aromatic N) is 1. The molecule has 224 valence electrons. The van der Waals surface area contributed by atoms with Gasteiger partial charge in [-0.2, -0.15) is 0 Å². The summed E-state index contributed by atoms with van der Waals surface area (Å²) >= 11 is 0. The number of hydrogen-bond acceptors (Lipinski definition) is 7. The first-order valence-corrected chi connectivity index (χ1v) is 13.9. The average Bonchev–Trinajstić information content (AvgIpc) is 3.50. The highest BCUT2D eigenvalue weighted by molar-refractivity contribution is 5.94. The number of benzene rings is 2. The number of carbonyl (C=O) groups excluding carboxylic acids is 3. The summed E-state index contributed by atoms with van der Waals surface area (Å²) in [6.45, 7) is 0.489. The van der Waals surface area contributed by atoms with Crippen LogP contribution in [0.15, 0.2) is 73.2 Å². The molecular weight excluding hydrogens is 538 g/mol. The normalized spacial score (nSPS) is 13.8. The van der Waals surface area contributed by atoms with Gasteiger partial charge in [-0.15, -0.1) is 0 Å². The zero-order valence-corrected chi connectivity index (χ0v) is 23.4. The zero-order valence-electron chi connectivity index (χ0n) is 23.4. The van der Waals surface area contributed by atoms with Crippen LogP contribution in [0.4, 0.5) is 0 Å². The largest absolute Gasteiger partial charge is 0.480 e. The second-order valence-corrected chi connectivity index (χ2v) is 10.1. The number of H-pyrrole nitrogens is 1. The van der Waals surface area contributed by atoms with Gasteiger partial charge >= 0.3 is 5.97 Å². The van der Waals surface area contributed by atoms with Gasteiger partial charge < -0.3 is 37.5 Å². The van der Waals surface area contributed by atoms with Crippen LogP contribution in [0.5, 0.6) is 0 Å². The summed E-state index contributed by atoms with van der Waals surface area (Å²) in [5.41, 5.74) is 13.7. The highest BCUT2D eigenvalue weighted by Crippen LogP contribution is 2.09. The fourth-order valence-corrected chi connectivity index (χ4v) is 4.40. The van der Waals surface area contributed by atoms with Gasteiger partial charge in [0.1, 0.15) is 18.1 Å². The molecule has 1 heterocycles. The van der Waals surface area contributed by atoms with E-state index in [1.807, 2.05) is 36.4 Å². The Hall–Kier alpha value is -4.55. The number of hydrogen-bond donors (Lipinski definition) is 7. The standard InChI is InChI=1S/C30H39N7O5/c31-14-8-7-13-23(32)27(38)35-24(15-20-9-3-1-4-10-20)28(39)36-25(16-21-11-5-2-6-12-21)29(40)37-26(30(41)42)17-22-18-33-19-34-22/h1-6,9-12,18-19,23-26H,7-8,13-17,31-32H2,(H,33,34)(H,35,38)(H,36,39)(H,37,40)(H,41,42). The summed E-state index contributed by atoms with van der Waals surface area (Å²) in [4.78, 5) is 58.7. The van der Waals surface area contributed by atoms with Crippen molar-refractivity contribution in [3.63, 3.8) is 0 Å². The minimum absolute atomic E-state index is 0.0260. The van der Waals surface area contributed by atoms with Crippen molar-refractivity contribution in [3.05, 3.63) is 90.0 Å². The van der Waals surface area contributed by atoms with E-state index in [4.69, 9.17) is 11.5 Å². The molecular formula is C30H39N7O5. The van der Waals surface area contributed by atoms with Gasteiger partial charge in [0.05, 0.1) is 12.4 Å². The van der Waals surface area contributed by atoms with Gasteiger partial charge in [-0.3, -0.25) is 14.4 Å². The lowest BCUT2D eigenvalue weighted by Crippen LogP contribution is -2.58. The molecule has 0 fully saturated rings. The number of unbranched alkanes of at least 4 members (excludes halogenated alkanes) is 1. The van der Waals surface area contributed by atoms with Crippen LogP contribution in [0.3, 0.4) is 0 Å². The van der Waals surface area contributed by atoms with E-state index in [0.29, 0.717) is 25.1 Å². The predicted molar refractivity (Wildman–Crippen MR) is 157 cm³/mol. The van der Waals surface area contributed by atoms with Crippen LogP contribution in [0.1, 0.15) is 36.1 Å². The second kappa shape index (κ2) is 16.7. The third-order valence-electron chi connectivity index (χ3n) is 6.73. The van der Waals surface area contributed by atoms with Crippen molar-refractivity contribution >= 4 is 23.7 Å². The molecule has 3 rings (SSSR count). The van der Waals surface area contributed by atoms with Crippen molar-refractivity contribution in [1.82, 2.24) is 25.9 Å². The van der Waals surface area contributed by atoms with Crippen molar-refractivity contribution in [3.8, 4) is 0 Å². The zero-order chi connectivity index (χ0) is 30.3. The number of aromatic nitrogens is 2. The molecule has 4 unspecified atom stereocenters. The van der Waals surface area contributed by atoms with Crippen molar-refractivity contribution in [2.45, 2.75) is 62.7 Å². The number of rotatable bonds is 17. The minimum atomic E-state index is -1.26. The number of carboxylic acid groups (broad SMARTS) is 1. The molecule has 0 aliphatic rings. The van der Waals surface area contributed by atoms with E-state index < -0.39 is 47.9 Å². The summed E-state index contributed by atoms with van der Waals surface area (Å²) in [5, 5.41) is 17.8. The highest BCUT2D eigenvalue weighted by Gasteiger charge is 2.31. The molecule has 0 spiro atoms. The van der Waals surface area contributed by atoms with E-state index in [1.54, 1.807) is 24.3 Å². The van der Waals surface area contributed by atoms with Gasteiger partial charge in [-0.05, 0) is 30.5 Å². The molecule has 0 bridgehead atoms. The topological polar surface area (TPSA) is 205 Å². The first-order valence-electron chi connectivity index (χ1n) is 13.9. The maximum atomic E-state index is 13.7. The van der Waals surface area contributed by atoms with Gasteiger partial charge in [0, 0.05) is 31.2 Å². The lowest BCUT2D eigenvalue weighted by atomic mass is 10.0. The molecule has 9 N–H and O–H groups in total. The molecule has 0 saturated heterocycles. The fraction of sp³-hybridized carbons (Fsp3) is 0.367. The molecule has 0 aliphatic carbocycles. The van der Waals surface area contributed by atoms with Crippen LogP contribution in [0.2, 0.25) is 0 Å². The lowest BCUT2D eigenvalue weighted by Gasteiger charge is -2.25. The van der Waals surface area contributed by atoms with Gasteiger partial charge in [0.25, 0.3) is 0 Å². The number of nitrogens with one attached hydrogen (secondary N) is 4. The summed E-state index contributed by atoms with van der Waals surface area (Å²) in [6.07, 6.45) is 4.93. The molecule has 0 aliphatic heterocycles. The SMILES string of the molecule is NCCCCC(N)C(=O)NC(Cc1ccccc1)C(=O)NC(Cc1ccccc1)C(=O)NC(Cc1cnc[nH]1)C(=O)O. The Labute approximate surface area is 244 Å². The number of imidazole rings is 1. The van der Waals surface area contributed by atoms with Gasteiger partial charge in [0.15, 0.2) is 0 Å². The van der Waals surface area contributed by atoms with E-state index in [0.717, 1.165) is 17.5 Å². The fourth-order valence-electron chi connectivity index (χ4n) is 4.40. The molecule has 12 heteroatoms. The molecule has 4 atom stereocenters. The van der Waals surface area contributed by atoms with E-state index in [9.17, 15) is 24.3 Å². The third kappa shape index (κ3) is 10.5. The maximum Gasteiger partial charge on any atom is 0.326 e. The molecule has 12 nitrogen and oxygen atoms in total. The van der Waals surface area contributed by atoms with E-state index >= 15 is 0 Å². The Morgan fingerprint density at radius 2 is 1.29 bits per heavy atom. The average molecular weight is 578 g/mol. The van der Waals surface area contributed by atoms with E-state index in [2.05, 4.69) is 25.9 Å². The molecule has 1 aromatic heterocycles. The van der Waals surface area contributed by atoms with Crippen LogP contribution in [-0.4, -0.2) is 69.5 Å². The summed E-state index contributed by atoms with van der Waals surface area (Å²) < 4.78 is 0. The Morgan fingerprint density at radius 3 is 1.76 bits per heavy atom. The molecule has 3 amide bonds. The first-order chi connectivity index (χ1) is 20.3. The predicted octanol–water partition coefficient (Wildman–Crippen LogP) is 0.433. The van der Waals surface area contributed by atoms with Crippen LogP contribution in [0.25, 0.3) is 0 Å². The Morgan fingerprint density at radius 1 is 0.762 bits per heavy atom. The summed E-state index contributed by atoms with van der Waals surface area (Å²) in [7, 11) is 0. The summed E-state index contributed by atoms with van der Waals surface area (Å²) in [5.74, 6) is -3.00. The maximum absolute atomic E-state index is 13.7. The van der Waals surface area contributed by atoms with Gasteiger partial charge in [0.2, 0.25) is 17.7 Å². The Bertz CT molecular complexity index is 1270. The number of nitrogens with two attached hydrogens (primary N) is 2. The Kier molecular flexibility index (Phi) is 12.7. The number of carboxylic acids is 1. The molecule has 0 saturated carbocycles. The Balaban J connectivity index is 1.80. The van der Waals surface area contributed by atoms with Crippen LogP contribution < -0.4 is 27.4 Å². The molecule has 42 heavy (non-hydrogen) atoms.